The third kappa shape index (κ3) is 1.70. The number of fused-ring (bicyclic) bond motifs is 1. The molecule has 0 unspecified atom stereocenters. The first-order valence-corrected chi connectivity index (χ1v) is 6.28. The van der Waals surface area contributed by atoms with Crippen LogP contribution in [-0.4, -0.2) is 9.97 Å². The summed E-state index contributed by atoms with van der Waals surface area (Å²) in [5.41, 5.74) is 10.4. The average molecular weight is 243 g/mol. The highest BCUT2D eigenvalue weighted by atomic mass is 32.1. The third-order valence-electron chi connectivity index (χ3n) is 2.96. The van der Waals surface area contributed by atoms with E-state index < -0.39 is 0 Å². The van der Waals surface area contributed by atoms with Crippen LogP contribution in [0.1, 0.15) is 11.1 Å². The Morgan fingerprint density at radius 2 is 1.94 bits per heavy atom. The van der Waals surface area contributed by atoms with Crippen molar-refractivity contribution in [3.63, 3.8) is 0 Å². The molecule has 0 atom stereocenters. The second kappa shape index (κ2) is 3.60. The lowest BCUT2D eigenvalue weighted by atomic mass is 10.1. The fourth-order valence-corrected chi connectivity index (χ4v) is 2.59. The molecule has 3 nitrogen and oxygen atoms in total. The summed E-state index contributed by atoms with van der Waals surface area (Å²) in [4.78, 5) is 9.01. The quantitative estimate of drug-likeness (QED) is 0.687. The van der Waals surface area contributed by atoms with E-state index in [9.17, 15) is 0 Å². The minimum atomic E-state index is 0.813. The van der Waals surface area contributed by atoms with Gasteiger partial charge in [-0.05, 0) is 49.2 Å². The molecule has 0 amide bonds. The van der Waals surface area contributed by atoms with Crippen molar-refractivity contribution in [2.24, 2.45) is 0 Å². The lowest BCUT2D eigenvalue weighted by Crippen LogP contribution is -1.79. The minimum Gasteiger partial charge on any atom is -0.391 e. The summed E-state index contributed by atoms with van der Waals surface area (Å²) in [6.07, 6.45) is 0. The molecule has 0 aliphatic carbocycles. The Morgan fingerprint density at radius 1 is 1.18 bits per heavy atom. The average Bonchev–Trinajstić information content (AvgIpc) is 2.85. The van der Waals surface area contributed by atoms with Crippen LogP contribution in [0.15, 0.2) is 24.3 Å². The second-order valence-corrected chi connectivity index (χ2v) is 5.36. The first-order chi connectivity index (χ1) is 8.13. The number of hydrogen-bond donors (Lipinski definition) is 2. The summed E-state index contributed by atoms with van der Waals surface area (Å²) < 4.78 is 0. The molecule has 86 valence electrons. The Hall–Kier alpha value is -1.81. The van der Waals surface area contributed by atoms with Crippen molar-refractivity contribution < 1.29 is 0 Å². The molecule has 3 N–H and O–H groups in total. The molecule has 0 fully saturated rings. The molecule has 3 aromatic rings. The molecule has 4 heteroatoms. The van der Waals surface area contributed by atoms with Gasteiger partial charge in [0.1, 0.15) is 5.82 Å². The summed E-state index contributed by atoms with van der Waals surface area (Å²) in [6.45, 7) is 4.21. The van der Waals surface area contributed by atoms with Crippen LogP contribution in [0.2, 0.25) is 0 Å². The van der Waals surface area contributed by atoms with Crippen LogP contribution in [0, 0.1) is 13.8 Å². The molecule has 0 spiro atoms. The zero-order valence-corrected chi connectivity index (χ0v) is 10.6. The Labute approximate surface area is 103 Å². The molecule has 0 saturated carbocycles. The van der Waals surface area contributed by atoms with E-state index in [2.05, 4.69) is 35.9 Å². The number of nitrogens with one attached hydrogen (secondary N) is 1. The van der Waals surface area contributed by atoms with Gasteiger partial charge < -0.3 is 10.7 Å². The normalized spacial score (nSPS) is 11.2. The highest BCUT2D eigenvalue weighted by Crippen LogP contribution is 2.29. The van der Waals surface area contributed by atoms with Crippen molar-refractivity contribution in [1.29, 1.82) is 0 Å². The lowest BCUT2D eigenvalue weighted by Gasteiger charge is -1.97. The molecular weight excluding hydrogens is 230 g/mol. The number of aromatic nitrogens is 2. The van der Waals surface area contributed by atoms with E-state index in [1.165, 1.54) is 11.1 Å². The topological polar surface area (TPSA) is 54.7 Å². The smallest absolute Gasteiger partial charge is 0.148 e. The van der Waals surface area contributed by atoms with E-state index in [1.807, 2.05) is 12.1 Å². The van der Waals surface area contributed by atoms with Gasteiger partial charge in [-0.3, -0.25) is 0 Å². The molecule has 0 saturated heterocycles. The zero-order chi connectivity index (χ0) is 12.0. The standard InChI is InChI=1S/C13H13N3S/c1-7-5-9-10(6-8(7)2)16-13(15-9)11-3-4-12(14)17-11/h3-6H,14H2,1-2H3,(H,15,16). The number of nitrogens with zero attached hydrogens (tertiary/aromatic N) is 1. The lowest BCUT2D eigenvalue weighted by molar-refractivity contribution is 1.35. The number of nitrogen functional groups attached to an aromatic ring is 1. The first-order valence-electron chi connectivity index (χ1n) is 5.46. The van der Waals surface area contributed by atoms with Crippen LogP contribution >= 0.6 is 11.3 Å². The minimum absolute atomic E-state index is 0.813. The fourth-order valence-electron chi connectivity index (χ4n) is 1.87. The van der Waals surface area contributed by atoms with Gasteiger partial charge in [-0.2, -0.15) is 0 Å². The molecule has 17 heavy (non-hydrogen) atoms. The van der Waals surface area contributed by atoms with Crippen LogP contribution in [0.4, 0.5) is 5.00 Å². The number of hydrogen-bond acceptors (Lipinski definition) is 3. The molecule has 2 heterocycles. The van der Waals surface area contributed by atoms with E-state index in [0.717, 1.165) is 26.7 Å². The third-order valence-corrected chi connectivity index (χ3v) is 3.88. The van der Waals surface area contributed by atoms with Gasteiger partial charge in [0.05, 0.1) is 20.9 Å². The Kier molecular flexibility index (Phi) is 2.19. The molecule has 0 aliphatic rings. The number of rotatable bonds is 1. The summed E-state index contributed by atoms with van der Waals surface area (Å²) >= 11 is 1.55. The molecule has 2 aromatic heterocycles. The van der Waals surface area contributed by atoms with Gasteiger partial charge in [-0.15, -0.1) is 11.3 Å². The van der Waals surface area contributed by atoms with Crippen molar-refractivity contribution in [2.45, 2.75) is 13.8 Å². The van der Waals surface area contributed by atoms with Crippen LogP contribution in [0.5, 0.6) is 0 Å². The Morgan fingerprint density at radius 3 is 2.65 bits per heavy atom. The van der Waals surface area contributed by atoms with Crippen LogP contribution in [0.3, 0.4) is 0 Å². The van der Waals surface area contributed by atoms with E-state index in [1.54, 1.807) is 11.3 Å². The maximum Gasteiger partial charge on any atom is 0.148 e. The van der Waals surface area contributed by atoms with Crippen LogP contribution < -0.4 is 5.73 Å². The maximum atomic E-state index is 5.74. The number of anilines is 1. The van der Waals surface area contributed by atoms with E-state index in [-0.39, 0.29) is 0 Å². The van der Waals surface area contributed by atoms with Crippen molar-refractivity contribution in [2.75, 3.05) is 5.73 Å². The highest BCUT2D eigenvalue weighted by molar-refractivity contribution is 7.19. The van der Waals surface area contributed by atoms with Gasteiger partial charge in [0.2, 0.25) is 0 Å². The van der Waals surface area contributed by atoms with Gasteiger partial charge in [-0.1, -0.05) is 0 Å². The summed E-state index contributed by atoms with van der Waals surface area (Å²) in [5, 5.41) is 0.813. The number of thiophene rings is 1. The number of benzene rings is 1. The number of aromatic amines is 1. The summed E-state index contributed by atoms with van der Waals surface area (Å²) in [6, 6.07) is 8.15. The van der Waals surface area contributed by atoms with Crippen molar-refractivity contribution in [1.82, 2.24) is 9.97 Å². The van der Waals surface area contributed by atoms with E-state index >= 15 is 0 Å². The summed E-state index contributed by atoms with van der Waals surface area (Å²) in [5.74, 6) is 0.895. The summed E-state index contributed by atoms with van der Waals surface area (Å²) in [7, 11) is 0. The fraction of sp³-hybridized carbons (Fsp3) is 0.154. The van der Waals surface area contributed by atoms with Gasteiger partial charge in [-0.25, -0.2) is 4.98 Å². The van der Waals surface area contributed by atoms with Crippen molar-refractivity contribution >= 4 is 27.4 Å². The Bertz CT molecular complexity index is 655. The van der Waals surface area contributed by atoms with Crippen molar-refractivity contribution in [3.05, 3.63) is 35.4 Å². The number of H-pyrrole nitrogens is 1. The van der Waals surface area contributed by atoms with E-state index in [4.69, 9.17) is 5.73 Å². The largest absolute Gasteiger partial charge is 0.391 e. The van der Waals surface area contributed by atoms with Gasteiger partial charge >= 0.3 is 0 Å². The van der Waals surface area contributed by atoms with Gasteiger partial charge in [0, 0.05) is 0 Å². The molecule has 0 aliphatic heterocycles. The number of imidazole rings is 1. The predicted octanol–water partition coefficient (Wildman–Crippen LogP) is 3.49. The van der Waals surface area contributed by atoms with Gasteiger partial charge in [0.15, 0.2) is 0 Å². The molecule has 3 rings (SSSR count). The maximum absolute atomic E-state index is 5.74. The number of nitrogens with two attached hydrogens (primary N) is 1. The monoisotopic (exact) mass is 243 g/mol. The van der Waals surface area contributed by atoms with E-state index in [0.29, 0.717) is 0 Å². The first kappa shape index (κ1) is 10.4. The Balaban J connectivity index is 2.19. The highest BCUT2D eigenvalue weighted by Gasteiger charge is 2.08. The molecule has 0 bridgehead atoms. The zero-order valence-electron chi connectivity index (χ0n) is 9.74. The van der Waals surface area contributed by atoms with Gasteiger partial charge in [0.25, 0.3) is 0 Å². The molecular formula is C13H13N3S. The van der Waals surface area contributed by atoms with Crippen molar-refractivity contribution in [3.8, 4) is 10.7 Å². The molecule has 0 radical (unpaired) electrons. The number of aryl methyl sites for hydroxylation is 2. The van der Waals surface area contributed by atoms with Crippen LogP contribution in [-0.2, 0) is 0 Å². The second-order valence-electron chi connectivity index (χ2n) is 4.24. The SMILES string of the molecule is Cc1cc2nc(-c3ccc(N)s3)[nH]c2cc1C. The predicted molar refractivity (Wildman–Crippen MR) is 73.3 cm³/mol. The molecule has 1 aromatic carbocycles. The van der Waals surface area contributed by atoms with Crippen LogP contribution in [0.25, 0.3) is 21.7 Å².